The van der Waals surface area contributed by atoms with E-state index in [2.05, 4.69) is 10.5 Å². The number of rotatable bonds is 6. The zero-order valence-electron chi connectivity index (χ0n) is 10.5. The summed E-state index contributed by atoms with van der Waals surface area (Å²) in [5.41, 5.74) is 2.91. The summed E-state index contributed by atoms with van der Waals surface area (Å²) in [6, 6.07) is 4.02. The minimum Gasteiger partial charge on any atom is -0.393 e. The van der Waals surface area contributed by atoms with E-state index in [-0.39, 0.29) is 5.91 Å². The molecule has 0 saturated carbocycles. The van der Waals surface area contributed by atoms with Crippen LogP contribution in [0.15, 0.2) is 38.8 Å². The van der Waals surface area contributed by atoms with Crippen LogP contribution < -0.4 is 5.32 Å². The van der Waals surface area contributed by atoms with Crippen molar-refractivity contribution in [3.63, 3.8) is 0 Å². The van der Waals surface area contributed by atoms with Gasteiger partial charge in [0, 0.05) is 28.8 Å². The lowest BCUT2D eigenvalue weighted by Gasteiger charge is -2.04. The van der Waals surface area contributed by atoms with E-state index in [9.17, 15) is 4.79 Å². The topological polar surface area (TPSA) is 50.7 Å². The zero-order valence-corrected chi connectivity index (χ0v) is 12.1. The van der Waals surface area contributed by atoms with Crippen LogP contribution in [0.2, 0.25) is 0 Å². The van der Waals surface area contributed by atoms with Crippen molar-refractivity contribution in [1.29, 1.82) is 0 Å². The van der Waals surface area contributed by atoms with Gasteiger partial charge in [-0.15, -0.1) is 0 Å². The molecule has 0 aliphatic rings. The Bertz CT molecular complexity index is 497. The number of nitrogens with one attached hydrogen (secondary N) is 1. The summed E-state index contributed by atoms with van der Waals surface area (Å²) < 4.78 is 0. The van der Waals surface area contributed by atoms with Gasteiger partial charge in [0.2, 0.25) is 5.91 Å². The molecule has 1 amide bonds. The average Bonchev–Trinajstić information content (AvgIpc) is 3.06. The van der Waals surface area contributed by atoms with Crippen molar-refractivity contribution in [1.82, 2.24) is 5.32 Å². The second-order valence-corrected chi connectivity index (χ2v) is 5.34. The number of amides is 1. The first-order valence-corrected chi connectivity index (χ1v) is 7.65. The highest BCUT2D eigenvalue weighted by Gasteiger charge is 2.08. The van der Waals surface area contributed by atoms with Crippen molar-refractivity contribution < 1.29 is 9.63 Å². The molecular weight excluding hydrogens is 280 g/mol. The smallest absolute Gasteiger partial charge is 0.216 e. The van der Waals surface area contributed by atoms with Gasteiger partial charge in [0.05, 0.1) is 6.54 Å². The van der Waals surface area contributed by atoms with Gasteiger partial charge in [0.1, 0.15) is 12.3 Å². The van der Waals surface area contributed by atoms with E-state index in [1.165, 1.54) is 6.92 Å². The minimum atomic E-state index is -0.0662. The molecule has 1 N–H and O–H groups in total. The van der Waals surface area contributed by atoms with E-state index in [0.717, 1.165) is 16.8 Å². The Hall–Kier alpha value is -1.66. The molecule has 0 atom stereocenters. The molecule has 100 valence electrons. The molecule has 2 aromatic heterocycles. The summed E-state index contributed by atoms with van der Waals surface area (Å²) in [5, 5.41) is 14.9. The number of carbonyl (C=O) groups excluding carboxylic acids is 1. The largest absolute Gasteiger partial charge is 0.393 e. The summed E-state index contributed by atoms with van der Waals surface area (Å²) in [4.78, 5) is 16.0. The molecule has 0 saturated heterocycles. The Kier molecular flexibility index (Phi) is 5.11. The van der Waals surface area contributed by atoms with Crippen molar-refractivity contribution in [2.24, 2.45) is 5.16 Å². The van der Waals surface area contributed by atoms with Crippen LogP contribution in [0.4, 0.5) is 0 Å². The molecule has 4 nitrogen and oxygen atoms in total. The summed E-state index contributed by atoms with van der Waals surface area (Å²) in [7, 11) is 0. The number of carbonyl (C=O) groups is 1. The van der Waals surface area contributed by atoms with Crippen LogP contribution in [0, 0.1) is 0 Å². The maximum Gasteiger partial charge on any atom is 0.216 e. The van der Waals surface area contributed by atoms with Crippen LogP contribution in [0.25, 0.3) is 0 Å². The highest BCUT2D eigenvalue weighted by Crippen LogP contribution is 2.16. The van der Waals surface area contributed by atoms with Gasteiger partial charge in [-0.25, -0.2) is 0 Å². The van der Waals surface area contributed by atoms with Gasteiger partial charge in [-0.1, -0.05) is 5.16 Å². The molecular formula is C13H14N2O2S2. The number of hydrogen-bond donors (Lipinski definition) is 1. The average molecular weight is 294 g/mol. The van der Waals surface area contributed by atoms with E-state index in [1.807, 2.05) is 33.7 Å². The zero-order chi connectivity index (χ0) is 13.5. The Morgan fingerprint density at radius 1 is 1.26 bits per heavy atom. The van der Waals surface area contributed by atoms with E-state index in [0.29, 0.717) is 13.2 Å². The van der Waals surface area contributed by atoms with Gasteiger partial charge in [-0.2, -0.15) is 22.7 Å². The van der Waals surface area contributed by atoms with Gasteiger partial charge >= 0.3 is 0 Å². The lowest BCUT2D eigenvalue weighted by Crippen LogP contribution is -2.23. The first-order chi connectivity index (χ1) is 9.27. The molecule has 2 aromatic rings. The molecule has 19 heavy (non-hydrogen) atoms. The second kappa shape index (κ2) is 7.06. The molecule has 0 bridgehead atoms. The summed E-state index contributed by atoms with van der Waals surface area (Å²) in [6.45, 7) is 2.29. The van der Waals surface area contributed by atoms with Crippen LogP contribution in [0.3, 0.4) is 0 Å². The predicted molar refractivity (Wildman–Crippen MR) is 78.9 cm³/mol. The third-order valence-electron chi connectivity index (χ3n) is 2.31. The standard InChI is InChI=1S/C13H14N2O2S2/c1-10(16)14-4-5-17-15-13(11-2-6-18-8-11)12-3-7-19-9-12/h2-3,6-9H,4-5H2,1H3,(H,14,16). The Morgan fingerprint density at radius 2 is 1.89 bits per heavy atom. The van der Waals surface area contributed by atoms with E-state index in [4.69, 9.17) is 4.84 Å². The fraction of sp³-hybridized carbons (Fsp3) is 0.231. The van der Waals surface area contributed by atoms with Crippen molar-refractivity contribution >= 4 is 34.3 Å². The fourth-order valence-electron chi connectivity index (χ4n) is 1.45. The van der Waals surface area contributed by atoms with Gasteiger partial charge in [0.15, 0.2) is 0 Å². The second-order valence-electron chi connectivity index (χ2n) is 3.78. The van der Waals surface area contributed by atoms with Crippen LogP contribution in [0.5, 0.6) is 0 Å². The van der Waals surface area contributed by atoms with Crippen LogP contribution in [-0.4, -0.2) is 24.8 Å². The molecule has 0 fully saturated rings. The summed E-state index contributed by atoms with van der Waals surface area (Å²) in [5.74, 6) is -0.0662. The van der Waals surface area contributed by atoms with Gasteiger partial charge in [-0.05, 0) is 22.9 Å². The van der Waals surface area contributed by atoms with Gasteiger partial charge in [0.25, 0.3) is 0 Å². The maximum absolute atomic E-state index is 10.7. The SMILES string of the molecule is CC(=O)NCCON=C(c1ccsc1)c1ccsc1. The molecule has 2 rings (SSSR count). The van der Waals surface area contributed by atoms with Crippen molar-refractivity contribution in [2.75, 3.05) is 13.2 Å². The molecule has 0 radical (unpaired) electrons. The third kappa shape index (κ3) is 4.18. The normalized spacial score (nSPS) is 9.95. The Labute approximate surface area is 119 Å². The maximum atomic E-state index is 10.7. The highest BCUT2D eigenvalue weighted by molar-refractivity contribution is 7.08. The minimum absolute atomic E-state index is 0.0662. The van der Waals surface area contributed by atoms with Crippen molar-refractivity contribution in [3.8, 4) is 0 Å². The number of oxime groups is 1. The van der Waals surface area contributed by atoms with Crippen LogP contribution in [-0.2, 0) is 9.63 Å². The van der Waals surface area contributed by atoms with Crippen LogP contribution in [0.1, 0.15) is 18.1 Å². The highest BCUT2D eigenvalue weighted by atomic mass is 32.1. The predicted octanol–water partition coefficient (Wildman–Crippen LogP) is 2.71. The molecule has 0 spiro atoms. The Balaban J connectivity index is 2.00. The van der Waals surface area contributed by atoms with E-state index < -0.39 is 0 Å². The number of nitrogens with zero attached hydrogens (tertiary/aromatic N) is 1. The van der Waals surface area contributed by atoms with E-state index >= 15 is 0 Å². The molecule has 6 heteroatoms. The quantitative estimate of drug-likeness (QED) is 0.506. The van der Waals surface area contributed by atoms with Crippen molar-refractivity contribution in [2.45, 2.75) is 6.92 Å². The summed E-state index contributed by atoms with van der Waals surface area (Å²) >= 11 is 3.25. The first-order valence-electron chi connectivity index (χ1n) is 5.77. The lowest BCUT2D eigenvalue weighted by molar-refractivity contribution is -0.119. The van der Waals surface area contributed by atoms with Crippen LogP contribution >= 0.6 is 22.7 Å². The third-order valence-corrected chi connectivity index (χ3v) is 3.68. The molecule has 0 unspecified atom stereocenters. The monoisotopic (exact) mass is 294 g/mol. The number of hydrogen-bond acceptors (Lipinski definition) is 5. The summed E-state index contributed by atoms with van der Waals surface area (Å²) in [6.07, 6.45) is 0. The molecule has 2 heterocycles. The lowest BCUT2D eigenvalue weighted by atomic mass is 10.1. The van der Waals surface area contributed by atoms with Gasteiger partial charge < -0.3 is 10.2 Å². The molecule has 0 aliphatic carbocycles. The molecule has 0 aromatic carbocycles. The fourth-order valence-corrected chi connectivity index (χ4v) is 2.73. The Morgan fingerprint density at radius 3 is 2.37 bits per heavy atom. The number of thiophene rings is 2. The van der Waals surface area contributed by atoms with Crippen molar-refractivity contribution in [3.05, 3.63) is 44.8 Å². The van der Waals surface area contributed by atoms with E-state index in [1.54, 1.807) is 22.7 Å². The first kappa shape index (κ1) is 13.8. The molecule has 0 aliphatic heterocycles. The van der Waals surface area contributed by atoms with Gasteiger partial charge in [-0.3, -0.25) is 4.79 Å².